The van der Waals surface area contributed by atoms with E-state index in [1.165, 1.54) is 0 Å². The molecule has 0 atom stereocenters. The van der Waals surface area contributed by atoms with E-state index in [9.17, 15) is 0 Å². The normalized spacial score (nSPS) is 13.1. The lowest BCUT2D eigenvalue weighted by Gasteiger charge is -2.11. The van der Waals surface area contributed by atoms with Gasteiger partial charge in [-0.3, -0.25) is 9.56 Å². The lowest BCUT2D eigenvalue weighted by atomic mass is 10.0. The van der Waals surface area contributed by atoms with Gasteiger partial charge in [0.2, 0.25) is 0 Å². The average molecular weight is 339 g/mol. The quantitative estimate of drug-likeness (QED) is 0.682. The van der Waals surface area contributed by atoms with Crippen molar-refractivity contribution in [1.82, 2.24) is 14.8 Å². The summed E-state index contributed by atoms with van der Waals surface area (Å²) in [7, 11) is 0. The molecule has 5 heteroatoms. The fourth-order valence-electron chi connectivity index (χ4n) is 2.55. The Morgan fingerprint density at radius 3 is 2.76 bits per heavy atom. The molecule has 0 radical (unpaired) electrons. The Labute approximate surface area is 130 Å². The van der Waals surface area contributed by atoms with Crippen LogP contribution in [0.3, 0.4) is 0 Å². The van der Waals surface area contributed by atoms with Gasteiger partial charge in [-0.25, -0.2) is 0 Å². The molecule has 4 rings (SSSR count). The van der Waals surface area contributed by atoms with Crippen LogP contribution >= 0.6 is 15.9 Å². The molecule has 3 aromatic rings. The summed E-state index contributed by atoms with van der Waals surface area (Å²) in [6.07, 6.45) is 1.74. The molecule has 0 spiro atoms. The number of aromatic nitrogens is 3. The predicted molar refractivity (Wildman–Crippen MR) is 84.8 cm³/mol. The molecule has 102 valence electrons. The first-order valence-electron chi connectivity index (χ1n) is 6.62. The van der Waals surface area contributed by atoms with E-state index in [4.69, 9.17) is 4.99 Å². The highest BCUT2D eigenvalue weighted by atomic mass is 79.9. The fourth-order valence-corrected chi connectivity index (χ4v) is 2.91. The van der Waals surface area contributed by atoms with Crippen LogP contribution in [-0.4, -0.2) is 20.5 Å². The molecule has 1 aromatic heterocycles. The van der Waals surface area contributed by atoms with Crippen molar-refractivity contribution in [2.24, 2.45) is 4.99 Å². The number of rotatable bonds is 1. The van der Waals surface area contributed by atoms with Crippen LogP contribution in [0.25, 0.3) is 5.69 Å². The van der Waals surface area contributed by atoms with Crippen molar-refractivity contribution in [3.8, 4) is 5.69 Å². The summed E-state index contributed by atoms with van der Waals surface area (Å²) in [5.41, 5.74) is 4.22. The molecular weight excluding hydrogens is 328 g/mol. The second kappa shape index (κ2) is 4.93. The Balaban J connectivity index is 2.00. The third-order valence-electron chi connectivity index (χ3n) is 3.52. The summed E-state index contributed by atoms with van der Waals surface area (Å²) in [6.45, 7) is 0.524. The molecule has 2 heterocycles. The van der Waals surface area contributed by atoms with E-state index in [-0.39, 0.29) is 0 Å². The Kier molecular flexibility index (Phi) is 2.93. The molecule has 1 aliphatic heterocycles. The number of halogens is 1. The summed E-state index contributed by atoms with van der Waals surface area (Å²) in [4.78, 5) is 4.76. The van der Waals surface area contributed by atoms with Crippen molar-refractivity contribution in [2.45, 2.75) is 6.54 Å². The van der Waals surface area contributed by atoms with E-state index < -0.39 is 0 Å². The third kappa shape index (κ3) is 2.10. The molecule has 2 aromatic carbocycles. The van der Waals surface area contributed by atoms with E-state index in [1.807, 2.05) is 28.8 Å². The van der Waals surface area contributed by atoms with Gasteiger partial charge in [0, 0.05) is 15.6 Å². The lowest BCUT2D eigenvalue weighted by Crippen LogP contribution is -2.06. The highest BCUT2D eigenvalue weighted by Crippen LogP contribution is 2.26. The van der Waals surface area contributed by atoms with Crippen LogP contribution in [0.2, 0.25) is 0 Å². The molecule has 0 amide bonds. The monoisotopic (exact) mass is 338 g/mol. The van der Waals surface area contributed by atoms with Gasteiger partial charge in [0.15, 0.2) is 5.82 Å². The molecule has 0 N–H and O–H groups in total. The number of aliphatic imine (C=N–C) groups is 1. The van der Waals surface area contributed by atoms with Gasteiger partial charge in [0.05, 0.1) is 11.4 Å². The number of hydrogen-bond donors (Lipinski definition) is 0. The smallest absolute Gasteiger partial charge is 0.159 e. The van der Waals surface area contributed by atoms with Crippen molar-refractivity contribution in [3.05, 3.63) is 76.3 Å². The average Bonchev–Trinajstić information content (AvgIpc) is 2.92. The Morgan fingerprint density at radius 1 is 1.05 bits per heavy atom. The van der Waals surface area contributed by atoms with Gasteiger partial charge in [-0.2, -0.15) is 0 Å². The van der Waals surface area contributed by atoms with Crippen LogP contribution in [0.5, 0.6) is 0 Å². The van der Waals surface area contributed by atoms with Gasteiger partial charge < -0.3 is 0 Å². The van der Waals surface area contributed by atoms with Gasteiger partial charge in [0.25, 0.3) is 0 Å². The van der Waals surface area contributed by atoms with Crippen molar-refractivity contribution < 1.29 is 0 Å². The zero-order valence-electron chi connectivity index (χ0n) is 11.1. The van der Waals surface area contributed by atoms with Crippen molar-refractivity contribution in [3.63, 3.8) is 0 Å². The van der Waals surface area contributed by atoms with Crippen LogP contribution < -0.4 is 0 Å². The van der Waals surface area contributed by atoms with Crippen molar-refractivity contribution in [2.75, 3.05) is 0 Å². The van der Waals surface area contributed by atoms with Gasteiger partial charge in [-0.05, 0) is 18.2 Å². The van der Waals surface area contributed by atoms with Gasteiger partial charge in [-0.15, -0.1) is 10.2 Å². The summed E-state index contributed by atoms with van der Waals surface area (Å²) in [5.74, 6) is 0.851. The van der Waals surface area contributed by atoms with E-state index in [0.717, 1.165) is 32.8 Å². The van der Waals surface area contributed by atoms with Gasteiger partial charge >= 0.3 is 0 Å². The highest BCUT2D eigenvalue weighted by Gasteiger charge is 2.19. The summed E-state index contributed by atoms with van der Waals surface area (Å²) in [5, 5.41) is 8.16. The maximum absolute atomic E-state index is 4.76. The second-order valence-electron chi connectivity index (χ2n) is 4.81. The number of nitrogens with zero attached hydrogens (tertiary/aromatic N) is 4. The molecule has 0 bridgehead atoms. The number of fused-ring (bicyclic) bond motifs is 3. The predicted octanol–water partition coefficient (Wildman–Crippen LogP) is 3.38. The zero-order valence-corrected chi connectivity index (χ0v) is 12.7. The molecule has 0 unspecified atom stereocenters. The SMILES string of the molecule is Brc1ccc2c(c1)C(c1ccccc1)=NCc1nncn1-2. The van der Waals surface area contributed by atoms with Crippen molar-refractivity contribution in [1.29, 1.82) is 0 Å². The molecule has 0 aliphatic carbocycles. The van der Waals surface area contributed by atoms with Crippen molar-refractivity contribution >= 4 is 21.6 Å². The zero-order chi connectivity index (χ0) is 14.2. The minimum absolute atomic E-state index is 0.524. The molecule has 4 nitrogen and oxygen atoms in total. The highest BCUT2D eigenvalue weighted by molar-refractivity contribution is 9.10. The third-order valence-corrected chi connectivity index (χ3v) is 4.01. The van der Waals surface area contributed by atoms with Crippen LogP contribution in [0.1, 0.15) is 17.0 Å². The van der Waals surface area contributed by atoms with E-state index >= 15 is 0 Å². The Hall–Kier alpha value is -2.27. The van der Waals surface area contributed by atoms with Gasteiger partial charge in [0.1, 0.15) is 12.9 Å². The second-order valence-corrected chi connectivity index (χ2v) is 5.73. The maximum Gasteiger partial charge on any atom is 0.159 e. The minimum Gasteiger partial charge on any atom is -0.283 e. The lowest BCUT2D eigenvalue weighted by molar-refractivity contribution is 0.870. The van der Waals surface area contributed by atoms with Crippen LogP contribution in [0, 0.1) is 0 Å². The summed E-state index contributed by atoms with van der Waals surface area (Å²) in [6, 6.07) is 16.4. The summed E-state index contributed by atoms with van der Waals surface area (Å²) < 4.78 is 3.03. The first-order valence-corrected chi connectivity index (χ1v) is 7.41. The van der Waals surface area contributed by atoms with E-state index in [1.54, 1.807) is 6.33 Å². The van der Waals surface area contributed by atoms with Crippen LogP contribution in [0.4, 0.5) is 0 Å². The number of benzene rings is 2. The Morgan fingerprint density at radius 2 is 1.90 bits per heavy atom. The minimum atomic E-state index is 0.524. The Bertz CT molecular complexity index is 836. The standard InChI is InChI=1S/C16H11BrN4/c17-12-6-7-14-13(8-12)16(11-4-2-1-3-5-11)18-9-15-20-19-10-21(14)15/h1-8,10H,9H2. The molecule has 0 fully saturated rings. The first kappa shape index (κ1) is 12.5. The van der Waals surface area contributed by atoms with E-state index in [2.05, 4.69) is 50.4 Å². The topological polar surface area (TPSA) is 43.1 Å². The maximum atomic E-state index is 4.76. The molecule has 1 aliphatic rings. The van der Waals surface area contributed by atoms with E-state index in [0.29, 0.717) is 6.54 Å². The molecule has 21 heavy (non-hydrogen) atoms. The molecule has 0 saturated carbocycles. The fraction of sp³-hybridized carbons (Fsp3) is 0.0625. The summed E-state index contributed by atoms with van der Waals surface area (Å²) >= 11 is 3.55. The number of hydrogen-bond acceptors (Lipinski definition) is 3. The van der Waals surface area contributed by atoms with Crippen LogP contribution in [0.15, 0.2) is 64.3 Å². The van der Waals surface area contributed by atoms with Crippen LogP contribution in [-0.2, 0) is 6.54 Å². The largest absolute Gasteiger partial charge is 0.283 e. The van der Waals surface area contributed by atoms with Gasteiger partial charge in [-0.1, -0.05) is 46.3 Å². The molecule has 0 saturated heterocycles. The molecular formula is C16H11BrN4. The first-order chi connectivity index (χ1) is 10.3.